The highest BCUT2D eigenvalue weighted by molar-refractivity contribution is 5.92. The summed E-state index contributed by atoms with van der Waals surface area (Å²) in [6.45, 7) is 3.61. The maximum atomic E-state index is 13.2. The second-order valence-corrected chi connectivity index (χ2v) is 7.31. The fourth-order valence-electron chi connectivity index (χ4n) is 3.17. The number of carbonyl (C=O) groups excluding carboxylic acids is 1. The molecule has 168 valence electrons. The zero-order valence-electron chi connectivity index (χ0n) is 17.4. The quantitative estimate of drug-likeness (QED) is 0.306. The molecule has 0 spiro atoms. The van der Waals surface area contributed by atoms with Gasteiger partial charge in [-0.05, 0) is 37.6 Å². The lowest BCUT2D eigenvalue weighted by atomic mass is 10.1. The van der Waals surface area contributed by atoms with Crippen LogP contribution < -0.4 is 21.0 Å². The minimum Gasteiger partial charge on any atom is -0.323 e. The van der Waals surface area contributed by atoms with Gasteiger partial charge in [-0.15, -0.1) is 0 Å². The summed E-state index contributed by atoms with van der Waals surface area (Å²) >= 11 is 0. The highest BCUT2D eigenvalue weighted by Crippen LogP contribution is 2.31. The van der Waals surface area contributed by atoms with E-state index in [1.165, 1.54) is 27.6 Å². The van der Waals surface area contributed by atoms with Gasteiger partial charge in [-0.2, -0.15) is 23.7 Å². The van der Waals surface area contributed by atoms with E-state index in [2.05, 4.69) is 10.4 Å². The first-order chi connectivity index (χ1) is 15.0. The molecule has 0 aliphatic rings. The van der Waals surface area contributed by atoms with E-state index < -0.39 is 23.1 Å². The number of amides is 1. The number of nitrogens with one attached hydrogen (secondary N) is 2. The van der Waals surface area contributed by atoms with Crippen LogP contribution in [0.15, 0.2) is 41.3 Å². The molecule has 0 aliphatic heterocycles. The van der Waals surface area contributed by atoms with E-state index in [9.17, 15) is 22.8 Å². The number of pyridine rings is 1. The highest BCUT2D eigenvalue weighted by Gasteiger charge is 2.31. The van der Waals surface area contributed by atoms with Crippen molar-refractivity contribution in [2.75, 3.05) is 11.1 Å². The van der Waals surface area contributed by atoms with Crippen LogP contribution in [0.2, 0.25) is 0 Å². The summed E-state index contributed by atoms with van der Waals surface area (Å²) in [6.07, 6.45) is -1.97. The van der Waals surface area contributed by atoms with Crippen LogP contribution in [-0.4, -0.2) is 22.0 Å². The van der Waals surface area contributed by atoms with Gasteiger partial charge in [0.2, 0.25) is 23.5 Å². The van der Waals surface area contributed by atoms with Gasteiger partial charge in [0.05, 0.1) is 29.4 Å². The molecule has 1 unspecified atom stereocenters. The molecule has 0 saturated heterocycles. The first kappa shape index (κ1) is 22.9. The first-order valence-electron chi connectivity index (χ1n) is 9.79. The average Bonchev–Trinajstić information content (AvgIpc) is 2.75. The Bertz CT molecular complexity index is 1250. The predicted molar refractivity (Wildman–Crippen MR) is 114 cm³/mol. The second kappa shape index (κ2) is 8.77. The number of fused-ring (bicyclic) bond motifs is 1. The van der Waals surface area contributed by atoms with Gasteiger partial charge in [0.1, 0.15) is 5.69 Å². The number of nitrogens with two attached hydrogens (primary N) is 1. The number of hydrogen-bond acceptors (Lipinski definition) is 5. The molecular formula is C21H22F3N6O2+. The van der Waals surface area contributed by atoms with Crippen molar-refractivity contribution in [2.24, 2.45) is 0 Å². The van der Waals surface area contributed by atoms with Gasteiger partial charge in [0.15, 0.2) is 0 Å². The lowest BCUT2D eigenvalue weighted by molar-refractivity contribution is -0.529. The lowest BCUT2D eigenvalue weighted by Crippen LogP contribution is -2.36. The third-order valence-corrected chi connectivity index (χ3v) is 5.08. The van der Waals surface area contributed by atoms with Crippen LogP contribution in [0, 0.1) is 5.41 Å². The van der Waals surface area contributed by atoms with Crippen LogP contribution in [0.3, 0.4) is 0 Å². The topological polar surface area (TPSA) is 118 Å². The minimum absolute atomic E-state index is 0.0604. The third-order valence-electron chi connectivity index (χ3n) is 5.08. The van der Waals surface area contributed by atoms with E-state index in [1.54, 1.807) is 6.92 Å². The summed E-state index contributed by atoms with van der Waals surface area (Å²) in [7, 11) is 0. The summed E-state index contributed by atoms with van der Waals surface area (Å²) in [6, 6.07) is 5.62. The molecule has 4 N–H and O–H groups in total. The summed E-state index contributed by atoms with van der Waals surface area (Å²) < 4.78 is 42.2. The number of aromatic nitrogens is 3. The number of anilines is 2. The monoisotopic (exact) mass is 447 g/mol. The number of nitrogens with zero attached hydrogens (tertiary/aromatic N) is 3. The normalized spacial score (nSPS) is 12.5. The maximum Gasteiger partial charge on any atom is 0.416 e. The molecule has 11 heteroatoms. The molecule has 1 atom stereocenters. The van der Waals surface area contributed by atoms with E-state index in [-0.39, 0.29) is 29.1 Å². The molecule has 3 rings (SSSR count). The largest absolute Gasteiger partial charge is 0.416 e. The number of alkyl halides is 3. The molecule has 2 aromatic heterocycles. The van der Waals surface area contributed by atoms with Crippen molar-refractivity contribution in [3.63, 3.8) is 0 Å². The van der Waals surface area contributed by atoms with Gasteiger partial charge in [-0.25, -0.2) is 4.57 Å². The average molecular weight is 447 g/mol. The summed E-state index contributed by atoms with van der Waals surface area (Å²) in [5, 5.41) is 14.2. The Morgan fingerprint density at radius 1 is 1.34 bits per heavy atom. The van der Waals surface area contributed by atoms with Crippen molar-refractivity contribution < 1.29 is 22.5 Å². The number of halogens is 3. The molecular weight excluding hydrogens is 425 g/mol. The third kappa shape index (κ3) is 4.61. The Morgan fingerprint density at radius 2 is 2.06 bits per heavy atom. The Balaban J connectivity index is 2.01. The van der Waals surface area contributed by atoms with Crippen molar-refractivity contribution in [1.29, 1.82) is 5.41 Å². The molecule has 0 saturated carbocycles. The molecule has 0 radical (unpaired) electrons. The summed E-state index contributed by atoms with van der Waals surface area (Å²) in [4.78, 5) is 25.4. The van der Waals surface area contributed by atoms with Crippen molar-refractivity contribution in [3.8, 4) is 0 Å². The zero-order valence-corrected chi connectivity index (χ0v) is 17.4. The molecule has 32 heavy (non-hydrogen) atoms. The van der Waals surface area contributed by atoms with Crippen LogP contribution in [0.5, 0.6) is 0 Å². The van der Waals surface area contributed by atoms with E-state index >= 15 is 0 Å². The Hall–Kier alpha value is -3.76. The van der Waals surface area contributed by atoms with Crippen molar-refractivity contribution in [3.05, 3.63) is 58.0 Å². The van der Waals surface area contributed by atoms with Crippen molar-refractivity contribution in [1.82, 2.24) is 9.78 Å². The van der Waals surface area contributed by atoms with Gasteiger partial charge < -0.3 is 11.1 Å². The van der Waals surface area contributed by atoms with Crippen LogP contribution >= 0.6 is 0 Å². The number of nitrogen functional groups attached to an aromatic ring is 1. The van der Waals surface area contributed by atoms with Crippen molar-refractivity contribution in [2.45, 2.75) is 38.9 Å². The lowest BCUT2D eigenvalue weighted by Gasteiger charge is -2.18. The van der Waals surface area contributed by atoms with Gasteiger partial charge in [0, 0.05) is 17.5 Å². The molecule has 0 aliphatic carbocycles. The molecule has 8 nitrogen and oxygen atoms in total. The fraction of sp³-hybridized carbons (Fsp3) is 0.286. The van der Waals surface area contributed by atoms with Gasteiger partial charge in [0.25, 0.3) is 0 Å². The number of hydrogen-bond donors (Lipinski definition) is 3. The van der Waals surface area contributed by atoms with Gasteiger partial charge in [-0.3, -0.25) is 14.3 Å². The molecule has 3 aromatic rings. The Kier molecular flexibility index (Phi) is 6.28. The minimum atomic E-state index is -4.56. The molecule has 0 bridgehead atoms. The van der Waals surface area contributed by atoms with E-state index in [1.807, 2.05) is 6.92 Å². The molecule has 1 aromatic carbocycles. The zero-order chi connectivity index (χ0) is 23.6. The van der Waals surface area contributed by atoms with E-state index in [4.69, 9.17) is 11.1 Å². The van der Waals surface area contributed by atoms with Crippen LogP contribution in [0.1, 0.15) is 37.6 Å². The molecule has 1 amide bonds. The van der Waals surface area contributed by atoms with Crippen LogP contribution in [0.4, 0.5) is 24.7 Å². The Morgan fingerprint density at radius 3 is 2.69 bits per heavy atom. The highest BCUT2D eigenvalue weighted by atomic mass is 19.4. The van der Waals surface area contributed by atoms with Gasteiger partial charge >= 0.3 is 6.18 Å². The summed E-state index contributed by atoms with van der Waals surface area (Å²) in [5.74, 6) is -0.248. The van der Waals surface area contributed by atoms with Crippen LogP contribution in [0.25, 0.3) is 10.9 Å². The number of rotatable bonds is 6. The number of benzene rings is 1. The fourth-order valence-corrected chi connectivity index (χ4v) is 3.17. The van der Waals surface area contributed by atoms with Crippen LogP contribution in [-0.2, 0) is 17.4 Å². The summed E-state index contributed by atoms with van der Waals surface area (Å²) in [5.41, 5.74) is 4.56. The van der Waals surface area contributed by atoms with E-state index in [0.717, 1.165) is 24.5 Å². The maximum absolute atomic E-state index is 13.2. The second-order valence-electron chi connectivity index (χ2n) is 7.31. The predicted octanol–water partition coefficient (Wildman–Crippen LogP) is 2.89. The standard InChI is InChI=1S/C21H21F3N6O2/c1-3-12(2)30-17-8-13(21(22,23)24)4-6-15(17)20(32)16(28-30)9-19(31)27-14-5-7-18(26)29(10-14)11-25/h4-8,10-12,25-26H,3,9H2,1-2H3,(H,27,31)/p+1. The SMILES string of the molecule is CCC(C)n1nc(CC(=O)Nc2ccc(N)[n+](C=N)c2)c(=O)c2ccc(C(F)(F)F)cc21. The van der Waals surface area contributed by atoms with Crippen molar-refractivity contribution >= 4 is 34.7 Å². The smallest absolute Gasteiger partial charge is 0.323 e. The van der Waals surface area contributed by atoms with E-state index in [0.29, 0.717) is 17.9 Å². The van der Waals surface area contributed by atoms with Gasteiger partial charge in [-0.1, -0.05) is 6.92 Å². The number of carbonyl (C=O) groups is 1. The Labute approximate surface area is 181 Å². The molecule has 2 heterocycles. The molecule has 0 fully saturated rings. The first-order valence-corrected chi connectivity index (χ1v) is 9.79.